The number of carbonyl (C=O) groups is 1. The average Bonchev–Trinajstić information content (AvgIpc) is 2.49. The predicted octanol–water partition coefficient (Wildman–Crippen LogP) is 1.54. The summed E-state index contributed by atoms with van der Waals surface area (Å²) in [6.07, 6.45) is 0.696. The number of carbonyl (C=O) groups excluding carboxylic acids is 1. The van der Waals surface area contributed by atoms with Gasteiger partial charge in [-0.3, -0.25) is 4.79 Å². The predicted molar refractivity (Wildman–Crippen MR) is 83.5 cm³/mol. The van der Waals surface area contributed by atoms with E-state index >= 15 is 0 Å². The van der Waals surface area contributed by atoms with Gasteiger partial charge in [0.1, 0.15) is 5.75 Å². The summed E-state index contributed by atoms with van der Waals surface area (Å²) in [6.45, 7) is 5.63. The summed E-state index contributed by atoms with van der Waals surface area (Å²) < 4.78 is 5.26. The number of hydrogen-bond donors (Lipinski definition) is 3. The average molecular weight is 294 g/mol. The molecular formula is C16H26N2O3. The number of benzene rings is 1. The number of nitrogens with one attached hydrogen (secondary N) is 2. The van der Waals surface area contributed by atoms with Gasteiger partial charge >= 0.3 is 0 Å². The van der Waals surface area contributed by atoms with Crippen molar-refractivity contribution in [2.75, 3.05) is 26.7 Å². The zero-order valence-corrected chi connectivity index (χ0v) is 13.1. The van der Waals surface area contributed by atoms with Gasteiger partial charge in [0.15, 0.2) is 0 Å². The van der Waals surface area contributed by atoms with Crippen LogP contribution in [0.5, 0.6) is 5.75 Å². The second kappa shape index (κ2) is 9.37. The van der Waals surface area contributed by atoms with E-state index in [1.54, 1.807) is 7.11 Å². The quantitative estimate of drug-likeness (QED) is 0.604. The van der Waals surface area contributed by atoms with Crippen molar-refractivity contribution < 1.29 is 14.6 Å². The molecule has 3 N–H and O–H groups in total. The highest BCUT2D eigenvalue weighted by atomic mass is 16.5. The van der Waals surface area contributed by atoms with E-state index in [4.69, 9.17) is 4.74 Å². The Labute approximate surface area is 126 Å². The van der Waals surface area contributed by atoms with Crippen LogP contribution in [0.3, 0.4) is 0 Å². The lowest BCUT2D eigenvalue weighted by atomic mass is 10.1. The highest BCUT2D eigenvalue weighted by Gasteiger charge is 2.13. The van der Waals surface area contributed by atoms with Crippen molar-refractivity contribution in [3.05, 3.63) is 29.3 Å². The third kappa shape index (κ3) is 6.14. The molecule has 0 aromatic heterocycles. The molecule has 0 spiro atoms. The Balaban J connectivity index is 2.38. The minimum Gasteiger partial charge on any atom is -0.496 e. The zero-order chi connectivity index (χ0) is 15.7. The van der Waals surface area contributed by atoms with E-state index < -0.39 is 6.10 Å². The number of rotatable bonds is 9. The minimum atomic E-state index is -0.654. The molecule has 1 rings (SSSR count). The van der Waals surface area contributed by atoms with Crippen molar-refractivity contribution in [3.8, 4) is 5.75 Å². The van der Waals surface area contributed by atoms with E-state index in [0.717, 1.165) is 17.5 Å². The molecule has 21 heavy (non-hydrogen) atoms. The van der Waals surface area contributed by atoms with Crippen LogP contribution in [0.15, 0.2) is 18.2 Å². The van der Waals surface area contributed by atoms with Crippen molar-refractivity contribution >= 4 is 5.91 Å². The molecule has 0 heterocycles. The van der Waals surface area contributed by atoms with E-state index in [9.17, 15) is 9.90 Å². The molecule has 1 unspecified atom stereocenters. The van der Waals surface area contributed by atoms with Crippen LogP contribution in [-0.2, 0) is 4.79 Å². The molecule has 5 nitrogen and oxygen atoms in total. The number of hydrogen-bond acceptors (Lipinski definition) is 4. The maximum absolute atomic E-state index is 11.4. The van der Waals surface area contributed by atoms with Gasteiger partial charge in [-0.25, -0.2) is 0 Å². The third-order valence-electron chi connectivity index (χ3n) is 3.18. The summed E-state index contributed by atoms with van der Waals surface area (Å²) in [4.78, 5) is 11.4. The summed E-state index contributed by atoms with van der Waals surface area (Å²) in [5, 5.41) is 16.1. The van der Waals surface area contributed by atoms with Gasteiger partial charge in [-0.2, -0.15) is 0 Å². The van der Waals surface area contributed by atoms with Gasteiger partial charge in [0, 0.05) is 31.6 Å². The van der Waals surface area contributed by atoms with E-state index in [1.807, 2.05) is 32.0 Å². The van der Waals surface area contributed by atoms with Gasteiger partial charge < -0.3 is 20.5 Å². The van der Waals surface area contributed by atoms with E-state index in [-0.39, 0.29) is 5.91 Å². The molecule has 1 amide bonds. The number of aryl methyl sites for hydroxylation is 1. The van der Waals surface area contributed by atoms with E-state index in [2.05, 4.69) is 10.6 Å². The molecule has 1 aromatic rings. The number of ether oxygens (including phenoxy) is 1. The summed E-state index contributed by atoms with van der Waals surface area (Å²) in [5.74, 6) is 0.711. The molecule has 0 fully saturated rings. The molecule has 1 atom stereocenters. The first kappa shape index (κ1) is 17.5. The monoisotopic (exact) mass is 294 g/mol. The highest BCUT2D eigenvalue weighted by molar-refractivity contribution is 5.75. The standard InChI is InChI=1S/C16H26N2O3/c1-4-8-18-16(20)7-9-17-11-14(19)13-10-12(2)5-6-15(13)21-3/h5-6,10,14,17,19H,4,7-9,11H2,1-3H3,(H,18,20). The summed E-state index contributed by atoms with van der Waals surface area (Å²) in [7, 11) is 1.59. The van der Waals surface area contributed by atoms with Crippen LogP contribution < -0.4 is 15.4 Å². The van der Waals surface area contributed by atoms with E-state index in [1.165, 1.54) is 0 Å². The maximum atomic E-state index is 11.4. The van der Waals surface area contributed by atoms with Crippen LogP contribution in [0.25, 0.3) is 0 Å². The van der Waals surface area contributed by atoms with Gasteiger partial charge in [-0.05, 0) is 25.5 Å². The smallest absolute Gasteiger partial charge is 0.221 e. The summed E-state index contributed by atoms with van der Waals surface area (Å²) in [6, 6.07) is 5.71. The molecular weight excluding hydrogens is 268 g/mol. The van der Waals surface area contributed by atoms with Crippen molar-refractivity contribution in [1.82, 2.24) is 10.6 Å². The van der Waals surface area contributed by atoms with Crippen molar-refractivity contribution in [1.29, 1.82) is 0 Å². The van der Waals surface area contributed by atoms with Crippen molar-refractivity contribution in [2.24, 2.45) is 0 Å². The summed E-state index contributed by atoms with van der Waals surface area (Å²) in [5.41, 5.74) is 1.84. The number of aliphatic hydroxyl groups is 1. The van der Waals surface area contributed by atoms with Gasteiger partial charge in [-0.1, -0.05) is 18.6 Å². The van der Waals surface area contributed by atoms with E-state index in [0.29, 0.717) is 31.8 Å². The van der Waals surface area contributed by atoms with Gasteiger partial charge in [0.2, 0.25) is 5.91 Å². The Kier molecular flexibility index (Phi) is 7.79. The molecule has 118 valence electrons. The normalized spacial score (nSPS) is 12.0. The second-order valence-electron chi connectivity index (χ2n) is 5.07. The van der Waals surface area contributed by atoms with Crippen LogP contribution in [0.4, 0.5) is 0 Å². The first-order chi connectivity index (χ1) is 10.1. The Morgan fingerprint density at radius 3 is 2.81 bits per heavy atom. The molecule has 0 saturated heterocycles. The lowest BCUT2D eigenvalue weighted by Gasteiger charge is -2.16. The topological polar surface area (TPSA) is 70.6 Å². The lowest BCUT2D eigenvalue weighted by molar-refractivity contribution is -0.121. The lowest BCUT2D eigenvalue weighted by Crippen LogP contribution is -2.30. The molecule has 0 radical (unpaired) electrons. The number of aliphatic hydroxyl groups excluding tert-OH is 1. The largest absolute Gasteiger partial charge is 0.496 e. The maximum Gasteiger partial charge on any atom is 0.221 e. The molecule has 1 aromatic carbocycles. The molecule has 0 aliphatic heterocycles. The van der Waals surface area contributed by atoms with Gasteiger partial charge in [-0.15, -0.1) is 0 Å². The summed E-state index contributed by atoms with van der Waals surface area (Å²) >= 11 is 0. The zero-order valence-electron chi connectivity index (χ0n) is 13.1. The highest BCUT2D eigenvalue weighted by Crippen LogP contribution is 2.25. The van der Waals surface area contributed by atoms with Crippen molar-refractivity contribution in [3.63, 3.8) is 0 Å². The first-order valence-corrected chi connectivity index (χ1v) is 7.38. The van der Waals surface area contributed by atoms with Crippen LogP contribution in [-0.4, -0.2) is 37.8 Å². The Morgan fingerprint density at radius 1 is 1.38 bits per heavy atom. The molecule has 5 heteroatoms. The molecule has 0 saturated carbocycles. The second-order valence-corrected chi connectivity index (χ2v) is 5.07. The Morgan fingerprint density at radius 2 is 2.14 bits per heavy atom. The van der Waals surface area contributed by atoms with Crippen LogP contribution in [0.1, 0.15) is 37.0 Å². The third-order valence-corrected chi connectivity index (χ3v) is 3.18. The van der Waals surface area contributed by atoms with Crippen LogP contribution in [0.2, 0.25) is 0 Å². The fourth-order valence-electron chi connectivity index (χ4n) is 2.02. The fraction of sp³-hybridized carbons (Fsp3) is 0.562. The molecule has 0 aliphatic carbocycles. The van der Waals surface area contributed by atoms with Crippen LogP contribution >= 0.6 is 0 Å². The first-order valence-electron chi connectivity index (χ1n) is 7.38. The van der Waals surface area contributed by atoms with Gasteiger partial charge in [0.25, 0.3) is 0 Å². The minimum absolute atomic E-state index is 0.0342. The SMILES string of the molecule is CCCNC(=O)CCNCC(O)c1cc(C)ccc1OC. The fourth-order valence-corrected chi connectivity index (χ4v) is 2.02. The van der Waals surface area contributed by atoms with Crippen LogP contribution in [0, 0.1) is 6.92 Å². The Bertz CT molecular complexity index is 449. The number of amides is 1. The molecule has 0 bridgehead atoms. The number of methoxy groups -OCH3 is 1. The molecule has 0 aliphatic rings. The van der Waals surface area contributed by atoms with Gasteiger partial charge in [0.05, 0.1) is 13.2 Å². The Hall–Kier alpha value is -1.59. The van der Waals surface area contributed by atoms with Crippen molar-refractivity contribution in [2.45, 2.75) is 32.8 Å².